The predicted octanol–water partition coefficient (Wildman–Crippen LogP) is 3.09. The minimum atomic E-state index is -0.570. The van der Waals surface area contributed by atoms with E-state index in [2.05, 4.69) is 6.58 Å². The van der Waals surface area contributed by atoms with Crippen LogP contribution < -0.4 is 11.4 Å². The first kappa shape index (κ1) is 14.3. The molecular formula is C16H19NO3. The van der Waals surface area contributed by atoms with Gasteiger partial charge in [0.25, 0.3) is 0 Å². The van der Waals surface area contributed by atoms with Gasteiger partial charge in [0.15, 0.2) is 0 Å². The number of para-hydroxylation sites is 1. The zero-order valence-electron chi connectivity index (χ0n) is 11.5. The third-order valence-electron chi connectivity index (χ3n) is 3.36. The van der Waals surface area contributed by atoms with Crippen molar-refractivity contribution in [3.63, 3.8) is 0 Å². The van der Waals surface area contributed by atoms with E-state index >= 15 is 0 Å². The molecule has 0 atom stereocenters. The topological polar surface area (TPSA) is 52.2 Å². The number of fused-ring (bicyclic) bond motifs is 1. The molecule has 0 aliphatic rings. The van der Waals surface area contributed by atoms with E-state index in [-0.39, 0.29) is 0 Å². The SMILES string of the molecule is C=CCCCCCCn1c(=O)oc(=O)c2ccccc21. The van der Waals surface area contributed by atoms with Gasteiger partial charge in [-0.25, -0.2) is 9.59 Å². The van der Waals surface area contributed by atoms with Gasteiger partial charge in [-0.05, 0) is 31.4 Å². The summed E-state index contributed by atoms with van der Waals surface area (Å²) in [6.45, 7) is 4.27. The van der Waals surface area contributed by atoms with Gasteiger partial charge in [-0.2, -0.15) is 0 Å². The lowest BCUT2D eigenvalue weighted by molar-refractivity contribution is 0.409. The molecule has 0 spiro atoms. The molecule has 0 bridgehead atoms. The molecule has 0 saturated heterocycles. The van der Waals surface area contributed by atoms with Crippen LogP contribution in [0.15, 0.2) is 50.9 Å². The highest BCUT2D eigenvalue weighted by molar-refractivity contribution is 5.77. The lowest BCUT2D eigenvalue weighted by Crippen LogP contribution is -2.25. The van der Waals surface area contributed by atoms with Crippen molar-refractivity contribution in [2.45, 2.75) is 38.6 Å². The summed E-state index contributed by atoms with van der Waals surface area (Å²) in [5, 5.41) is 0.457. The average Bonchev–Trinajstić information content (AvgIpc) is 2.45. The van der Waals surface area contributed by atoms with Crippen LogP contribution in [0.4, 0.5) is 0 Å². The van der Waals surface area contributed by atoms with Gasteiger partial charge in [-0.1, -0.05) is 31.1 Å². The molecule has 4 nitrogen and oxygen atoms in total. The number of unbranched alkanes of at least 4 members (excludes halogenated alkanes) is 4. The van der Waals surface area contributed by atoms with Crippen LogP contribution in [0.1, 0.15) is 32.1 Å². The Hall–Kier alpha value is -2.10. The standard InChI is InChI=1S/C16H19NO3/c1-2-3-4-5-6-9-12-17-14-11-8-7-10-13(14)15(18)20-16(17)19/h2,7-8,10-11H,1,3-6,9,12H2. The first-order valence-electron chi connectivity index (χ1n) is 6.97. The molecule has 0 N–H and O–H groups in total. The van der Waals surface area contributed by atoms with Crippen LogP contribution in [0.3, 0.4) is 0 Å². The second kappa shape index (κ2) is 6.89. The van der Waals surface area contributed by atoms with Crippen molar-refractivity contribution in [1.29, 1.82) is 0 Å². The average molecular weight is 273 g/mol. The van der Waals surface area contributed by atoms with Gasteiger partial charge in [-0.15, -0.1) is 6.58 Å². The fraction of sp³-hybridized carbons (Fsp3) is 0.375. The largest absolute Gasteiger partial charge is 0.422 e. The van der Waals surface area contributed by atoms with Crippen molar-refractivity contribution in [1.82, 2.24) is 4.57 Å². The molecule has 2 rings (SSSR count). The molecule has 4 heteroatoms. The third-order valence-corrected chi connectivity index (χ3v) is 3.36. The second-order valence-electron chi connectivity index (χ2n) is 4.82. The van der Waals surface area contributed by atoms with Crippen LogP contribution in [0.2, 0.25) is 0 Å². The van der Waals surface area contributed by atoms with E-state index in [1.54, 1.807) is 22.8 Å². The third kappa shape index (κ3) is 3.26. The number of benzene rings is 1. The molecule has 0 amide bonds. The lowest BCUT2D eigenvalue weighted by atomic mass is 10.1. The Labute approximate surface area is 117 Å². The molecule has 0 fully saturated rings. The van der Waals surface area contributed by atoms with Crippen LogP contribution in [0.5, 0.6) is 0 Å². The number of aromatic nitrogens is 1. The van der Waals surface area contributed by atoms with Crippen molar-refractivity contribution in [2.75, 3.05) is 0 Å². The van der Waals surface area contributed by atoms with Crippen molar-refractivity contribution in [3.8, 4) is 0 Å². The van der Waals surface area contributed by atoms with Crippen LogP contribution in [0, 0.1) is 0 Å². The van der Waals surface area contributed by atoms with Gasteiger partial charge in [0.2, 0.25) is 0 Å². The molecule has 0 aliphatic heterocycles. The highest BCUT2D eigenvalue weighted by Gasteiger charge is 2.07. The summed E-state index contributed by atoms with van der Waals surface area (Å²) in [5.41, 5.74) is 0.0904. The van der Waals surface area contributed by atoms with E-state index in [9.17, 15) is 9.59 Å². The molecule has 1 heterocycles. The van der Waals surface area contributed by atoms with Crippen molar-refractivity contribution >= 4 is 10.9 Å². The number of hydrogen-bond donors (Lipinski definition) is 0. The maximum absolute atomic E-state index is 11.8. The number of aryl methyl sites for hydroxylation is 1. The van der Waals surface area contributed by atoms with Crippen molar-refractivity contribution in [3.05, 3.63) is 57.9 Å². The number of hydrogen-bond acceptors (Lipinski definition) is 3. The molecule has 2 aromatic rings. The molecule has 1 aromatic carbocycles. The van der Waals surface area contributed by atoms with E-state index in [1.807, 2.05) is 12.1 Å². The van der Waals surface area contributed by atoms with E-state index in [4.69, 9.17) is 4.42 Å². The summed E-state index contributed by atoms with van der Waals surface area (Å²) in [4.78, 5) is 23.4. The van der Waals surface area contributed by atoms with E-state index in [1.165, 1.54) is 0 Å². The van der Waals surface area contributed by atoms with Crippen LogP contribution in [-0.2, 0) is 6.54 Å². The van der Waals surface area contributed by atoms with Crippen LogP contribution in [-0.4, -0.2) is 4.57 Å². The van der Waals surface area contributed by atoms with Crippen LogP contribution in [0.25, 0.3) is 10.9 Å². The molecule has 1 aromatic heterocycles. The van der Waals surface area contributed by atoms with Crippen molar-refractivity contribution in [2.24, 2.45) is 0 Å². The molecule has 0 unspecified atom stereocenters. The van der Waals surface area contributed by atoms with Gasteiger partial charge in [0.1, 0.15) is 0 Å². The van der Waals surface area contributed by atoms with Gasteiger partial charge in [0.05, 0.1) is 10.9 Å². The summed E-state index contributed by atoms with van der Waals surface area (Å²) in [6, 6.07) is 7.05. The maximum Gasteiger partial charge on any atom is 0.422 e. The Morgan fingerprint density at radius 3 is 2.65 bits per heavy atom. The van der Waals surface area contributed by atoms with Gasteiger partial charge in [-0.3, -0.25) is 4.57 Å². The predicted molar refractivity (Wildman–Crippen MR) is 80.0 cm³/mol. The Balaban J connectivity index is 2.12. The highest BCUT2D eigenvalue weighted by atomic mass is 16.4. The summed E-state index contributed by atoms with van der Waals surface area (Å²) >= 11 is 0. The Kier molecular flexibility index (Phi) is 4.93. The summed E-state index contributed by atoms with van der Waals surface area (Å²) in [7, 11) is 0. The minimum Gasteiger partial charge on any atom is -0.372 e. The van der Waals surface area contributed by atoms with Crippen molar-refractivity contribution < 1.29 is 4.42 Å². The molecule has 0 radical (unpaired) electrons. The first-order valence-corrected chi connectivity index (χ1v) is 6.97. The summed E-state index contributed by atoms with van der Waals surface area (Å²) in [5.74, 6) is -0.570. The van der Waals surface area contributed by atoms with Gasteiger partial charge in [0, 0.05) is 6.54 Å². The highest BCUT2D eigenvalue weighted by Crippen LogP contribution is 2.10. The lowest BCUT2D eigenvalue weighted by Gasteiger charge is -2.07. The minimum absolute atomic E-state index is 0.457. The second-order valence-corrected chi connectivity index (χ2v) is 4.82. The molecule has 0 aliphatic carbocycles. The normalized spacial score (nSPS) is 10.8. The quantitative estimate of drug-likeness (QED) is 0.575. The van der Waals surface area contributed by atoms with E-state index in [0.29, 0.717) is 17.4 Å². The summed E-state index contributed by atoms with van der Waals surface area (Å²) < 4.78 is 6.30. The maximum atomic E-state index is 11.8. The van der Waals surface area contributed by atoms with E-state index < -0.39 is 11.4 Å². The van der Waals surface area contributed by atoms with E-state index in [0.717, 1.165) is 32.1 Å². The number of nitrogens with zero attached hydrogens (tertiary/aromatic N) is 1. The smallest absolute Gasteiger partial charge is 0.372 e. The fourth-order valence-corrected chi connectivity index (χ4v) is 2.29. The number of rotatable bonds is 7. The molecule has 20 heavy (non-hydrogen) atoms. The zero-order valence-corrected chi connectivity index (χ0v) is 11.5. The number of allylic oxidation sites excluding steroid dienone is 1. The first-order chi connectivity index (χ1) is 9.74. The molecule has 0 saturated carbocycles. The van der Waals surface area contributed by atoms with Crippen LogP contribution >= 0.6 is 0 Å². The molecule has 106 valence electrons. The molecular weight excluding hydrogens is 254 g/mol. The zero-order chi connectivity index (χ0) is 14.4. The van der Waals surface area contributed by atoms with Gasteiger partial charge < -0.3 is 4.42 Å². The van der Waals surface area contributed by atoms with Gasteiger partial charge >= 0.3 is 11.4 Å². The summed E-state index contributed by atoms with van der Waals surface area (Å²) in [6.07, 6.45) is 7.15. The Bertz CT molecular complexity index is 697. The Morgan fingerprint density at radius 1 is 1.10 bits per heavy atom. The Morgan fingerprint density at radius 2 is 1.85 bits per heavy atom. The monoisotopic (exact) mass is 273 g/mol. The fourth-order valence-electron chi connectivity index (χ4n) is 2.29.